The maximum atomic E-state index is 13.8. The van der Waals surface area contributed by atoms with Crippen LogP contribution in [0.2, 0.25) is 0 Å². The number of nitrogens with zero attached hydrogens (tertiary/aromatic N) is 4. The number of fused-ring (bicyclic) bond motifs is 1. The van der Waals surface area contributed by atoms with Gasteiger partial charge in [-0.1, -0.05) is 17.4 Å². The number of nitro benzene ring substituents is 2. The highest BCUT2D eigenvalue weighted by molar-refractivity contribution is 9.10. The van der Waals surface area contributed by atoms with E-state index in [-0.39, 0.29) is 29.4 Å². The number of carbonyl (C=O) groups is 1. The Hall–Kier alpha value is -4.67. The molecule has 0 spiro atoms. The van der Waals surface area contributed by atoms with Crippen molar-refractivity contribution in [1.82, 2.24) is 4.57 Å². The van der Waals surface area contributed by atoms with E-state index in [0.29, 0.717) is 30.6 Å². The largest absolute Gasteiger partial charge is 0.493 e. The maximum Gasteiger partial charge on any atom is 0.338 e. The lowest BCUT2D eigenvalue weighted by Gasteiger charge is -2.23. The van der Waals surface area contributed by atoms with Gasteiger partial charge in [0.2, 0.25) is 5.75 Å². The third-order valence-corrected chi connectivity index (χ3v) is 8.94. The number of methoxy groups -OCH3 is 1. The topological polar surface area (TPSA) is 165 Å². The Morgan fingerprint density at radius 1 is 1.16 bits per heavy atom. The molecule has 0 unspecified atom stereocenters. The van der Waals surface area contributed by atoms with Crippen LogP contribution < -0.4 is 24.4 Å². The van der Waals surface area contributed by atoms with Gasteiger partial charge in [0.05, 0.1) is 49.9 Å². The van der Waals surface area contributed by atoms with E-state index in [9.17, 15) is 29.8 Å². The molecule has 4 aromatic rings. The smallest absolute Gasteiger partial charge is 0.338 e. The van der Waals surface area contributed by atoms with E-state index >= 15 is 0 Å². The molecule has 226 valence electrons. The number of hydrogen-bond acceptors (Lipinski definition) is 12. The number of rotatable bonds is 9. The van der Waals surface area contributed by atoms with Crippen LogP contribution >= 0.6 is 38.6 Å². The first kappa shape index (κ1) is 30.8. The molecule has 1 atom stereocenters. The van der Waals surface area contributed by atoms with E-state index < -0.39 is 33.2 Å². The van der Waals surface area contributed by atoms with Gasteiger partial charge in [0.25, 0.3) is 11.2 Å². The Labute approximate surface area is 264 Å². The molecule has 44 heavy (non-hydrogen) atoms. The van der Waals surface area contributed by atoms with Gasteiger partial charge in [0, 0.05) is 10.9 Å². The number of thiazole rings is 1. The lowest BCUT2D eigenvalue weighted by molar-refractivity contribution is -0.394. The highest BCUT2D eigenvalue weighted by atomic mass is 79.9. The number of aromatic nitrogens is 1. The summed E-state index contributed by atoms with van der Waals surface area (Å²) in [5.41, 5.74) is -0.147. The molecule has 0 bridgehead atoms. The fraction of sp³-hybridized carbons (Fsp3) is 0.179. The molecule has 5 rings (SSSR count). The van der Waals surface area contributed by atoms with Crippen LogP contribution in [-0.4, -0.2) is 34.1 Å². The molecule has 0 amide bonds. The van der Waals surface area contributed by atoms with Gasteiger partial charge in [-0.25, -0.2) is 9.79 Å². The summed E-state index contributed by atoms with van der Waals surface area (Å²) in [5, 5.41) is 24.6. The molecule has 0 fully saturated rings. The predicted octanol–water partition coefficient (Wildman–Crippen LogP) is 5.24. The predicted molar refractivity (Wildman–Crippen MR) is 165 cm³/mol. The van der Waals surface area contributed by atoms with Gasteiger partial charge in [-0.3, -0.25) is 29.6 Å². The highest BCUT2D eigenvalue weighted by Gasteiger charge is 2.34. The zero-order valence-electron chi connectivity index (χ0n) is 23.1. The molecule has 3 heterocycles. The third-order valence-electron chi connectivity index (χ3n) is 6.44. The highest BCUT2D eigenvalue weighted by Crippen LogP contribution is 2.43. The fourth-order valence-corrected chi connectivity index (χ4v) is 6.95. The lowest BCUT2D eigenvalue weighted by atomic mass is 10.0. The number of non-ortho nitro benzene ring substituents is 1. The molecule has 0 saturated heterocycles. The summed E-state index contributed by atoms with van der Waals surface area (Å²) in [6, 6.07) is 9.21. The van der Waals surface area contributed by atoms with Crippen LogP contribution in [-0.2, 0) is 9.53 Å². The standard InChI is InChI=1S/C28H21BrN4O9S2/c1-4-41-27(35)23-14(2)30-28-31(24(23)21-6-5-9-43-21)26(34)22(44-28)12-15-10-17(29)25(20(11-15)40-3)42-19-8-7-16(32(36)37)13-18(19)33(38)39/h5-13,24H,4H2,1-3H3/b22-12-/t24-/m1/s1. The minimum atomic E-state index is -0.782. The Bertz CT molecular complexity index is 2030. The Balaban J connectivity index is 1.59. The summed E-state index contributed by atoms with van der Waals surface area (Å²) in [6.07, 6.45) is 1.63. The number of nitro groups is 2. The number of esters is 1. The normalized spacial score (nSPS) is 14.5. The van der Waals surface area contributed by atoms with E-state index in [4.69, 9.17) is 14.2 Å². The molecule has 1 aliphatic rings. The van der Waals surface area contributed by atoms with Gasteiger partial charge in [0.15, 0.2) is 16.3 Å². The van der Waals surface area contributed by atoms with Crippen molar-refractivity contribution in [1.29, 1.82) is 0 Å². The monoisotopic (exact) mass is 700 g/mol. The maximum absolute atomic E-state index is 13.8. The van der Waals surface area contributed by atoms with Gasteiger partial charge in [0.1, 0.15) is 6.04 Å². The van der Waals surface area contributed by atoms with E-state index in [1.54, 1.807) is 32.1 Å². The number of carbonyl (C=O) groups excluding carboxylic acids is 1. The minimum absolute atomic E-state index is 0.0791. The lowest BCUT2D eigenvalue weighted by Crippen LogP contribution is -2.39. The van der Waals surface area contributed by atoms with E-state index in [1.807, 2.05) is 17.5 Å². The fourth-order valence-electron chi connectivity index (χ4n) is 4.54. The van der Waals surface area contributed by atoms with Crippen LogP contribution in [0.15, 0.2) is 73.4 Å². The Kier molecular flexibility index (Phi) is 8.75. The molecule has 16 heteroatoms. The van der Waals surface area contributed by atoms with Crippen molar-refractivity contribution in [2.24, 2.45) is 4.99 Å². The molecule has 13 nitrogen and oxygen atoms in total. The molecule has 0 radical (unpaired) electrons. The van der Waals surface area contributed by atoms with E-state index in [1.165, 1.54) is 23.0 Å². The third kappa shape index (κ3) is 5.78. The number of halogens is 1. The molecule has 2 aromatic heterocycles. The first-order chi connectivity index (χ1) is 21.0. The number of allylic oxidation sites excluding steroid dienone is 1. The first-order valence-corrected chi connectivity index (χ1v) is 15.2. The molecule has 0 aliphatic carbocycles. The van der Waals surface area contributed by atoms with Crippen molar-refractivity contribution < 1.29 is 28.9 Å². The number of hydrogen-bond donors (Lipinski definition) is 0. The van der Waals surface area contributed by atoms with Crippen LogP contribution in [0.5, 0.6) is 17.2 Å². The quantitative estimate of drug-likeness (QED) is 0.129. The molecule has 0 saturated carbocycles. The van der Waals surface area contributed by atoms with Crippen LogP contribution in [0.25, 0.3) is 6.08 Å². The van der Waals surface area contributed by atoms with Gasteiger partial charge in [-0.15, -0.1) is 11.3 Å². The second kappa shape index (κ2) is 12.5. The van der Waals surface area contributed by atoms with Crippen molar-refractivity contribution in [2.45, 2.75) is 19.9 Å². The van der Waals surface area contributed by atoms with Crippen LogP contribution in [0.4, 0.5) is 11.4 Å². The van der Waals surface area contributed by atoms with Crippen molar-refractivity contribution >= 4 is 62.0 Å². The summed E-state index contributed by atoms with van der Waals surface area (Å²) < 4.78 is 18.7. The molecule has 2 aromatic carbocycles. The van der Waals surface area contributed by atoms with Crippen molar-refractivity contribution in [3.05, 3.63) is 114 Å². The summed E-state index contributed by atoms with van der Waals surface area (Å²) in [6.45, 7) is 3.59. The number of benzene rings is 2. The first-order valence-electron chi connectivity index (χ1n) is 12.7. The summed E-state index contributed by atoms with van der Waals surface area (Å²) in [7, 11) is 1.37. The zero-order valence-corrected chi connectivity index (χ0v) is 26.4. The van der Waals surface area contributed by atoms with Crippen molar-refractivity contribution in [3.63, 3.8) is 0 Å². The molecular formula is C28H21BrN4O9S2. The van der Waals surface area contributed by atoms with Gasteiger partial charge in [-0.05, 0) is 71.1 Å². The Morgan fingerprint density at radius 3 is 2.57 bits per heavy atom. The summed E-state index contributed by atoms with van der Waals surface area (Å²) in [4.78, 5) is 53.7. The number of thiophene rings is 1. The molecule has 1 aliphatic heterocycles. The SMILES string of the molecule is CCOC(=O)C1=C(C)N=c2s/c(=C\c3cc(Br)c(Oc4ccc([N+](=O)[O-])cc4[N+](=O)[O-])c(OC)c3)c(=O)n2[C@@H]1c1cccs1. The minimum Gasteiger partial charge on any atom is -0.493 e. The van der Waals surface area contributed by atoms with Crippen LogP contribution in [0.3, 0.4) is 0 Å². The number of ether oxygens (including phenoxy) is 3. The zero-order chi connectivity index (χ0) is 31.7. The second-order valence-electron chi connectivity index (χ2n) is 9.12. The van der Waals surface area contributed by atoms with Crippen molar-refractivity contribution in [3.8, 4) is 17.2 Å². The van der Waals surface area contributed by atoms with Gasteiger partial charge in [-0.2, -0.15) is 0 Å². The van der Waals surface area contributed by atoms with E-state index in [2.05, 4.69) is 20.9 Å². The Morgan fingerprint density at radius 2 is 1.93 bits per heavy atom. The van der Waals surface area contributed by atoms with Crippen LogP contribution in [0, 0.1) is 20.2 Å². The van der Waals surface area contributed by atoms with Crippen molar-refractivity contribution in [2.75, 3.05) is 13.7 Å². The van der Waals surface area contributed by atoms with Gasteiger partial charge < -0.3 is 14.2 Å². The average Bonchev–Trinajstić information content (AvgIpc) is 3.62. The van der Waals surface area contributed by atoms with E-state index in [0.717, 1.165) is 34.4 Å². The average molecular weight is 702 g/mol. The van der Waals surface area contributed by atoms with Gasteiger partial charge >= 0.3 is 11.7 Å². The summed E-state index contributed by atoms with van der Waals surface area (Å²) in [5.74, 6) is -0.528. The van der Waals surface area contributed by atoms with Crippen LogP contribution in [0.1, 0.15) is 30.3 Å². The molecular weight excluding hydrogens is 680 g/mol. The second-order valence-corrected chi connectivity index (χ2v) is 12.0. The summed E-state index contributed by atoms with van der Waals surface area (Å²) >= 11 is 5.97. The molecule has 0 N–H and O–H groups in total.